The van der Waals surface area contributed by atoms with Crippen molar-refractivity contribution in [2.75, 3.05) is 14.2 Å². The Morgan fingerprint density at radius 1 is 1.12 bits per heavy atom. The van der Waals surface area contributed by atoms with Gasteiger partial charge in [0, 0.05) is 23.7 Å². The summed E-state index contributed by atoms with van der Waals surface area (Å²) in [5.74, 6) is -0.0862. The minimum absolute atomic E-state index is 0.477. The number of methoxy groups -OCH3 is 2. The van der Waals surface area contributed by atoms with Crippen LogP contribution in [0.1, 0.15) is 17.2 Å². The lowest BCUT2D eigenvalue weighted by Crippen LogP contribution is -2.13. The minimum Gasteiger partial charge on any atom is -0.496 e. The van der Waals surface area contributed by atoms with Crippen molar-refractivity contribution in [1.82, 2.24) is 4.57 Å². The molecule has 0 bridgehead atoms. The second kappa shape index (κ2) is 6.76. The lowest BCUT2D eigenvalue weighted by molar-refractivity contribution is -0.150. The largest absolute Gasteiger partial charge is 0.496 e. The fourth-order valence-corrected chi connectivity index (χ4v) is 2.88. The van der Waals surface area contributed by atoms with Gasteiger partial charge < -0.3 is 19.1 Å². The summed E-state index contributed by atoms with van der Waals surface area (Å²) in [5.41, 5.74) is 2.48. The molecule has 1 unspecified atom stereocenters. The number of benzene rings is 2. The highest BCUT2D eigenvalue weighted by molar-refractivity contribution is 5.94. The molecule has 0 spiro atoms. The second-order valence-electron chi connectivity index (χ2n) is 5.48. The molecule has 0 saturated heterocycles. The Morgan fingerprint density at radius 2 is 1.88 bits per heavy atom. The van der Waals surface area contributed by atoms with Gasteiger partial charge in [0.05, 0.1) is 19.7 Å². The van der Waals surface area contributed by atoms with Crippen molar-refractivity contribution in [3.63, 3.8) is 0 Å². The highest BCUT2D eigenvalue weighted by Gasteiger charge is 2.25. The molecule has 0 aliphatic rings. The summed E-state index contributed by atoms with van der Waals surface area (Å²) in [5, 5.41) is 11.1. The molecule has 5 heteroatoms. The van der Waals surface area contributed by atoms with Gasteiger partial charge in [0.25, 0.3) is 0 Å². The summed E-state index contributed by atoms with van der Waals surface area (Å²) < 4.78 is 12.1. The predicted octanol–water partition coefficient (Wildman–Crippen LogP) is 2.90. The van der Waals surface area contributed by atoms with E-state index in [1.54, 1.807) is 13.3 Å². The molecule has 0 saturated carbocycles. The molecule has 0 radical (unpaired) electrons. The van der Waals surface area contributed by atoms with Crippen LogP contribution >= 0.6 is 0 Å². The molecule has 2 aromatic carbocycles. The Bertz CT molecular complexity index is 854. The molecule has 1 aromatic heterocycles. The van der Waals surface area contributed by atoms with Crippen LogP contribution in [-0.2, 0) is 16.1 Å². The number of hydrogen-bond donors (Lipinski definition) is 1. The molecular weight excluding hydrogens is 306 g/mol. The number of hydrogen-bond acceptors (Lipinski definition) is 4. The topological polar surface area (TPSA) is 60.7 Å². The van der Waals surface area contributed by atoms with Gasteiger partial charge in [0.1, 0.15) is 5.75 Å². The van der Waals surface area contributed by atoms with Crippen molar-refractivity contribution in [3.05, 3.63) is 65.9 Å². The van der Waals surface area contributed by atoms with Gasteiger partial charge in [0.2, 0.25) is 0 Å². The first-order chi connectivity index (χ1) is 11.7. The van der Waals surface area contributed by atoms with Gasteiger partial charge >= 0.3 is 5.97 Å². The molecule has 0 aliphatic carbocycles. The summed E-state index contributed by atoms with van der Waals surface area (Å²) in [6.07, 6.45) is 0.424. The van der Waals surface area contributed by atoms with Crippen molar-refractivity contribution >= 4 is 16.9 Å². The number of aliphatic hydroxyl groups excluding tert-OH is 1. The van der Waals surface area contributed by atoms with Gasteiger partial charge in [-0.25, -0.2) is 4.79 Å². The first-order valence-electron chi connectivity index (χ1n) is 7.61. The molecule has 1 heterocycles. The molecule has 24 heavy (non-hydrogen) atoms. The lowest BCUT2D eigenvalue weighted by atomic mass is 10.1. The van der Waals surface area contributed by atoms with E-state index in [0.717, 1.165) is 11.1 Å². The van der Waals surface area contributed by atoms with E-state index < -0.39 is 12.1 Å². The third kappa shape index (κ3) is 2.86. The quantitative estimate of drug-likeness (QED) is 0.733. The third-order valence-corrected chi connectivity index (χ3v) is 4.03. The van der Waals surface area contributed by atoms with Crippen LogP contribution in [0.4, 0.5) is 0 Å². The zero-order chi connectivity index (χ0) is 17.1. The average molecular weight is 325 g/mol. The molecule has 0 fully saturated rings. The molecule has 3 rings (SSSR count). The molecule has 0 aliphatic heterocycles. The Morgan fingerprint density at radius 3 is 2.54 bits per heavy atom. The van der Waals surface area contributed by atoms with Crippen molar-refractivity contribution in [2.45, 2.75) is 12.6 Å². The Labute approximate surface area is 140 Å². The molecule has 3 aromatic rings. The van der Waals surface area contributed by atoms with E-state index in [4.69, 9.17) is 4.74 Å². The SMILES string of the molecule is COC(=O)C(O)c1cn(Cc2ccccc2)c2cccc(OC)c12. The van der Waals surface area contributed by atoms with Crippen LogP contribution < -0.4 is 4.74 Å². The fourth-order valence-electron chi connectivity index (χ4n) is 2.88. The maximum atomic E-state index is 11.8. The molecular formula is C19H19NO4. The highest BCUT2D eigenvalue weighted by Crippen LogP contribution is 2.34. The van der Waals surface area contributed by atoms with Crippen LogP contribution in [-0.4, -0.2) is 29.9 Å². The number of rotatable bonds is 5. The highest BCUT2D eigenvalue weighted by atomic mass is 16.5. The monoisotopic (exact) mass is 325 g/mol. The fraction of sp³-hybridized carbons (Fsp3) is 0.211. The number of ether oxygens (including phenoxy) is 2. The smallest absolute Gasteiger partial charge is 0.339 e. The van der Waals surface area contributed by atoms with Crippen LogP contribution in [0, 0.1) is 0 Å². The van der Waals surface area contributed by atoms with Crippen molar-refractivity contribution < 1.29 is 19.4 Å². The van der Waals surface area contributed by atoms with E-state index >= 15 is 0 Å². The molecule has 1 N–H and O–H groups in total. The lowest BCUT2D eigenvalue weighted by Gasteiger charge is -2.09. The third-order valence-electron chi connectivity index (χ3n) is 4.03. The normalized spacial score (nSPS) is 12.1. The van der Waals surface area contributed by atoms with E-state index in [9.17, 15) is 9.90 Å². The number of fused-ring (bicyclic) bond motifs is 1. The number of aromatic nitrogens is 1. The maximum absolute atomic E-state index is 11.8. The number of carbonyl (C=O) groups excluding carboxylic acids is 1. The summed E-state index contributed by atoms with van der Waals surface area (Å²) in [6.45, 7) is 0.623. The summed E-state index contributed by atoms with van der Waals surface area (Å²) in [6, 6.07) is 15.6. The van der Waals surface area contributed by atoms with Gasteiger partial charge in [-0.1, -0.05) is 36.4 Å². The standard InChI is InChI=1S/C19H19NO4/c1-23-16-10-6-9-15-17(16)14(18(21)19(22)24-2)12-20(15)11-13-7-4-3-5-8-13/h3-10,12,18,21H,11H2,1-2H3. The van der Waals surface area contributed by atoms with Crippen molar-refractivity contribution in [3.8, 4) is 5.75 Å². The number of aliphatic hydroxyl groups is 1. The maximum Gasteiger partial charge on any atom is 0.339 e. The summed E-state index contributed by atoms with van der Waals surface area (Å²) >= 11 is 0. The van der Waals surface area contributed by atoms with E-state index in [1.165, 1.54) is 7.11 Å². The number of carbonyl (C=O) groups is 1. The Hall–Kier alpha value is -2.79. The van der Waals surface area contributed by atoms with Crippen LogP contribution in [0.15, 0.2) is 54.7 Å². The molecule has 1 atom stereocenters. The van der Waals surface area contributed by atoms with Crippen molar-refractivity contribution in [2.24, 2.45) is 0 Å². The van der Waals surface area contributed by atoms with E-state index in [-0.39, 0.29) is 0 Å². The van der Waals surface area contributed by atoms with Gasteiger partial charge in [-0.05, 0) is 17.7 Å². The number of nitrogens with zero attached hydrogens (tertiary/aromatic N) is 1. The molecule has 124 valence electrons. The first kappa shape index (κ1) is 16.1. The second-order valence-corrected chi connectivity index (χ2v) is 5.48. The average Bonchev–Trinajstić information content (AvgIpc) is 3.00. The first-order valence-corrected chi connectivity index (χ1v) is 7.61. The van der Waals surface area contributed by atoms with Gasteiger partial charge in [0.15, 0.2) is 6.10 Å². The summed E-state index contributed by atoms with van der Waals surface area (Å²) in [7, 11) is 2.82. The number of esters is 1. The van der Waals surface area contributed by atoms with Crippen LogP contribution in [0.2, 0.25) is 0 Å². The van der Waals surface area contributed by atoms with Crippen LogP contribution in [0.5, 0.6) is 5.75 Å². The Kier molecular flexibility index (Phi) is 4.53. The molecule has 5 nitrogen and oxygen atoms in total. The van der Waals surface area contributed by atoms with E-state index in [0.29, 0.717) is 23.2 Å². The minimum atomic E-state index is -1.36. The predicted molar refractivity (Wildman–Crippen MR) is 91.0 cm³/mol. The van der Waals surface area contributed by atoms with Crippen LogP contribution in [0.3, 0.4) is 0 Å². The summed E-state index contributed by atoms with van der Waals surface area (Å²) in [4.78, 5) is 11.8. The van der Waals surface area contributed by atoms with Crippen molar-refractivity contribution in [1.29, 1.82) is 0 Å². The van der Waals surface area contributed by atoms with Crippen LogP contribution in [0.25, 0.3) is 10.9 Å². The zero-order valence-electron chi connectivity index (χ0n) is 13.6. The van der Waals surface area contributed by atoms with E-state index in [1.807, 2.05) is 53.1 Å². The van der Waals surface area contributed by atoms with Gasteiger partial charge in [-0.2, -0.15) is 0 Å². The van der Waals surface area contributed by atoms with E-state index in [2.05, 4.69) is 4.74 Å². The molecule has 0 amide bonds. The Balaban J connectivity index is 2.15. The van der Waals surface area contributed by atoms with Gasteiger partial charge in [-0.15, -0.1) is 0 Å². The zero-order valence-corrected chi connectivity index (χ0v) is 13.6. The van der Waals surface area contributed by atoms with Gasteiger partial charge in [-0.3, -0.25) is 0 Å².